The summed E-state index contributed by atoms with van der Waals surface area (Å²) >= 11 is 0. The minimum atomic E-state index is -0.261. The Balaban J connectivity index is 1.87. The largest absolute Gasteiger partial charge is 0.492 e. The minimum absolute atomic E-state index is 0.226. The van der Waals surface area contributed by atoms with E-state index < -0.39 is 0 Å². The van der Waals surface area contributed by atoms with E-state index >= 15 is 0 Å². The third-order valence-electron chi connectivity index (χ3n) is 3.27. The lowest BCUT2D eigenvalue weighted by molar-refractivity contribution is -0.140. The van der Waals surface area contributed by atoms with Crippen LogP contribution in [0.2, 0.25) is 0 Å². The fraction of sp³-hybridized carbons (Fsp3) is 0.429. The molecule has 2 rings (SSSR count). The van der Waals surface area contributed by atoms with Gasteiger partial charge in [0, 0.05) is 12.2 Å². The van der Waals surface area contributed by atoms with Crippen molar-refractivity contribution in [3.8, 4) is 5.75 Å². The van der Waals surface area contributed by atoms with Gasteiger partial charge in [0.2, 0.25) is 11.8 Å². The van der Waals surface area contributed by atoms with E-state index in [2.05, 4.69) is 5.32 Å². The lowest BCUT2D eigenvalue weighted by Gasteiger charge is -2.33. The fourth-order valence-corrected chi connectivity index (χ4v) is 2.24. The summed E-state index contributed by atoms with van der Waals surface area (Å²) in [5.74, 6) is 0.239. The molecule has 0 radical (unpaired) electrons. The molecule has 3 N–H and O–H groups in total. The van der Waals surface area contributed by atoms with Crippen molar-refractivity contribution >= 4 is 17.5 Å². The summed E-state index contributed by atoms with van der Waals surface area (Å²) in [6, 6.07) is 6.86. The summed E-state index contributed by atoms with van der Waals surface area (Å²) < 4.78 is 5.59. The van der Waals surface area contributed by atoms with Crippen LogP contribution in [-0.4, -0.2) is 42.5 Å². The highest BCUT2D eigenvalue weighted by Gasteiger charge is 2.31. The molecule has 6 nitrogen and oxygen atoms in total. The maximum atomic E-state index is 11.7. The molecule has 6 heteroatoms. The van der Waals surface area contributed by atoms with Gasteiger partial charge in [0.15, 0.2) is 0 Å². The molecule has 1 aliphatic rings. The van der Waals surface area contributed by atoms with Crippen molar-refractivity contribution in [1.82, 2.24) is 10.2 Å². The number of anilines is 1. The first-order valence-electron chi connectivity index (χ1n) is 6.66. The molecule has 1 atom stereocenters. The first-order valence-corrected chi connectivity index (χ1v) is 6.66. The van der Waals surface area contributed by atoms with Gasteiger partial charge >= 0.3 is 0 Å². The van der Waals surface area contributed by atoms with E-state index in [4.69, 9.17) is 10.5 Å². The van der Waals surface area contributed by atoms with Crippen LogP contribution in [0.25, 0.3) is 0 Å². The maximum absolute atomic E-state index is 11.7. The number of hydrogen-bond acceptors (Lipinski definition) is 5. The number of nitrogens with two attached hydrogens (primary N) is 1. The molecule has 108 valence electrons. The number of nitrogens with one attached hydrogen (secondary N) is 1. The van der Waals surface area contributed by atoms with Crippen LogP contribution in [0.3, 0.4) is 0 Å². The summed E-state index contributed by atoms with van der Waals surface area (Å²) in [7, 11) is 0. The standard InChI is InChI=1S/C14H19N3O3/c1-2-12-14(19)16-13(18)9-17(12)7-8-20-11-5-3-10(15)4-6-11/h3-6,12H,2,7-9,15H2,1H3,(H,16,18,19). The summed E-state index contributed by atoms with van der Waals surface area (Å²) in [6.45, 7) is 3.10. The second-order valence-corrected chi connectivity index (χ2v) is 4.72. The van der Waals surface area contributed by atoms with Gasteiger partial charge in [0.05, 0.1) is 12.6 Å². The van der Waals surface area contributed by atoms with Crippen molar-refractivity contribution < 1.29 is 14.3 Å². The molecule has 0 spiro atoms. The van der Waals surface area contributed by atoms with Crippen LogP contribution in [0, 0.1) is 0 Å². The van der Waals surface area contributed by atoms with Gasteiger partial charge in [-0.1, -0.05) is 6.92 Å². The van der Waals surface area contributed by atoms with E-state index in [0.29, 0.717) is 25.3 Å². The molecule has 0 saturated carbocycles. The number of amides is 2. The quantitative estimate of drug-likeness (QED) is 0.600. The summed E-state index contributed by atoms with van der Waals surface area (Å²) in [4.78, 5) is 24.9. The Kier molecular flexibility index (Phi) is 4.57. The van der Waals surface area contributed by atoms with Gasteiger partial charge in [0.25, 0.3) is 0 Å². The zero-order chi connectivity index (χ0) is 14.5. The molecule has 1 aromatic carbocycles. The molecule has 1 heterocycles. The van der Waals surface area contributed by atoms with Gasteiger partial charge in [0.1, 0.15) is 12.4 Å². The van der Waals surface area contributed by atoms with Crippen molar-refractivity contribution in [1.29, 1.82) is 0 Å². The van der Waals surface area contributed by atoms with E-state index in [1.165, 1.54) is 0 Å². The fourth-order valence-electron chi connectivity index (χ4n) is 2.24. The number of hydrogen-bond donors (Lipinski definition) is 2. The Morgan fingerprint density at radius 3 is 2.70 bits per heavy atom. The molecule has 1 unspecified atom stereocenters. The number of ether oxygens (including phenoxy) is 1. The van der Waals surface area contributed by atoms with Crippen LogP contribution in [0.5, 0.6) is 5.75 Å². The predicted molar refractivity (Wildman–Crippen MR) is 75.2 cm³/mol. The monoisotopic (exact) mass is 277 g/mol. The highest BCUT2D eigenvalue weighted by molar-refractivity contribution is 6.01. The molecule has 20 heavy (non-hydrogen) atoms. The molecule has 0 aromatic heterocycles. The summed E-state index contributed by atoms with van der Waals surface area (Å²) in [5.41, 5.74) is 6.28. The van der Waals surface area contributed by atoms with Crippen molar-refractivity contribution in [3.63, 3.8) is 0 Å². The number of carbonyl (C=O) groups is 2. The lowest BCUT2D eigenvalue weighted by atomic mass is 10.1. The number of nitrogens with zero attached hydrogens (tertiary/aromatic N) is 1. The smallest absolute Gasteiger partial charge is 0.243 e. The van der Waals surface area contributed by atoms with E-state index in [0.717, 1.165) is 5.75 Å². The molecular formula is C14H19N3O3. The molecule has 0 aliphatic carbocycles. The van der Waals surface area contributed by atoms with Crippen LogP contribution >= 0.6 is 0 Å². The summed E-state index contributed by atoms with van der Waals surface area (Å²) in [6.07, 6.45) is 0.668. The van der Waals surface area contributed by atoms with Crippen molar-refractivity contribution in [2.24, 2.45) is 0 Å². The Morgan fingerprint density at radius 2 is 2.05 bits per heavy atom. The Hall–Kier alpha value is -2.08. The highest BCUT2D eigenvalue weighted by atomic mass is 16.5. The van der Waals surface area contributed by atoms with Crippen molar-refractivity contribution in [2.75, 3.05) is 25.4 Å². The molecule has 1 aromatic rings. The van der Waals surface area contributed by atoms with Crippen LogP contribution in [0.1, 0.15) is 13.3 Å². The minimum Gasteiger partial charge on any atom is -0.492 e. The molecule has 1 aliphatic heterocycles. The van der Waals surface area contributed by atoms with Gasteiger partial charge < -0.3 is 10.5 Å². The Bertz CT molecular complexity index is 487. The normalized spacial score (nSPS) is 19.8. The third-order valence-corrected chi connectivity index (χ3v) is 3.27. The van der Waals surface area contributed by atoms with Crippen LogP contribution in [0.15, 0.2) is 24.3 Å². The van der Waals surface area contributed by atoms with Crippen LogP contribution in [-0.2, 0) is 9.59 Å². The Morgan fingerprint density at radius 1 is 1.35 bits per heavy atom. The molecule has 0 bridgehead atoms. The highest BCUT2D eigenvalue weighted by Crippen LogP contribution is 2.14. The van der Waals surface area contributed by atoms with E-state index in [9.17, 15) is 9.59 Å². The average molecular weight is 277 g/mol. The van der Waals surface area contributed by atoms with Crippen molar-refractivity contribution in [2.45, 2.75) is 19.4 Å². The van der Waals surface area contributed by atoms with Gasteiger partial charge in [-0.25, -0.2) is 0 Å². The topological polar surface area (TPSA) is 84.7 Å². The number of nitrogen functional groups attached to an aromatic ring is 1. The molecule has 1 saturated heterocycles. The molecule has 1 fully saturated rings. The number of rotatable bonds is 5. The van der Waals surface area contributed by atoms with E-state index in [1.54, 1.807) is 24.3 Å². The zero-order valence-electron chi connectivity index (χ0n) is 11.5. The van der Waals surface area contributed by atoms with E-state index in [1.807, 2.05) is 11.8 Å². The Labute approximate surface area is 117 Å². The van der Waals surface area contributed by atoms with E-state index in [-0.39, 0.29) is 24.4 Å². The first-order chi connectivity index (χ1) is 9.60. The number of benzene rings is 1. The van der Waals surface area contributed by atoms with Crippen LogP contribution in [0.4, 0.5) is 5.69 Å². The second-order valence-electron chi connectivity index (χ2n) is 4.72. The second kappa shape index (κ2) is 6.38. The van der Waals surface area contributed by atoms with Gasteiger partial charge in [-0.15, -0.1) is 0 Å². The molecule has 2 amide bonds. The van der Waals surface area contributed by atoms with Crippen LogP contribution < -0.4 is 15.8 Å². The third kappa shape index (κ3) is 3.48. The zero-order valence-corrected chi connectivity index (χ0v) is 11.5. The number of imide groups is 1. The van der Waals surface area contributed by atoms with Crippen molar-refractivity contribution in [3.05, 3.63) is 24.3 Å². The SMILES string of the molecule is CCC1C(=O)NC(=O)CN1CCOc1ccc(N)cc1. The first kappa shape index (κ1) is 14.3. The number of piperazine rings is 1. The van der Waals surface area contributed by atoms with Gasteiger partial charge in [-0.05, 0) is 30.7 Å². The maximum Gasteiger partial charge on any atom is 0.243 e. The summed E-state index contributed by atoms with van der Waals surface area (Å²) in [5, 5.41) is 2.35. The lowest BCUT2D eigenvalue weighted by Crippen LogP contribution is -2.58. The predicted octanol–water partition coefficient (Wildman–Crippen LogP) is 0.385. The van der Waals surface area contributed by atoms with Gasteiger partial charge in [-0.2, -0.15) is 0 Å². The number of carbonyl (C=O) groups excluding carboxylic acids is 2. The van der Waals surface area contributed by atoms with Gasteiger partial charge in [-0.3, -0.25) is 19.8 Å². The molecular weight excluding hydrogens is 258 g/mol. The average Bonchev–Trinajstić information content (AvgIpc) is 2.40.